The molecule has 0 saturated heterocycles. The van der Waals surface area contributed by atoms with E-state index in [1.54, 1.807) is 16.7 Å². The highest BCUT2D eigenvalue weighted by atomic mass is 32.2. The van der Waals surface area contributed by atoms with Crippen LogP contribution in [0, 0.1) is 13.8 Å². The molecular formula is C23H30N4O3S. The first-order valence-corrected chi connectivity index (χ1v) is 11.6. The molecule has 2 aromatic rings. The number of thioether (sulfide) groups is 1. The maximum Gasteiger partial charge on any atom is 0.322 e. The van der Waals surface area contributed by atoms with E-state index in [4.69, 9.17) is 4.74 Å². The average Bonchev–Trinajstić information content (AvgIpc) is 2.76. The third-order valence-electron chi connectivity index (χ3n) is 4.86. The predicted octanol–water partition coefficient (Wildman–Crippen LogP) is 3.82. The molecule has 166 valence electrons. The minimum Gasteiger partial charge on any atom is -0.494 e. The first kappa shape index (κ1) is 22.9. The van der Waals surface area contributed by atoms with Crippen LogP contribution in [0.15, 0.2) is 35.4 Å². The van der Waals surface area contributed by atoms with Crippen molar-refractivity contribution in [2.24, 2.45) is 0 Å². The van der Waals surface area contributed by atoms with Crippen LogP contribution in [0.1, 0.15) is 36.6 Å². The number of hydrogen-bond donors (Lipinski definition) is 2. The maximum atomic E-state index is 12.7. The first-order valence-electron chi connectivity index (χ1n) is 10.6. The molecule has 1 aromatic heterocycles. The Kier molecular flexibility index (Phi) is 8.17. The van der Waals surface area contributed by atoms with Crippen LogP contribution in [0.25, 0.3) is 0 Å². The molecule has 1 aromatic carbocycles. The van der Waals surface area contributed by atoms with Gasteiger partial charge in [-0.15, -0.1) is 11.8 Å². The average molecular weight is 443 g/mol. The molecule has 1 aliphatic rings. The Morgan fingerprint density at radius 1 is 1.19 bits per heavy atom. The van der Waals surface area contributed by atoms with Crippen LogP contribution >= 0.6 is 11.8 Å². The molecule has 0 atom stereocenters. The minimum atomic E-state index is -0.189. The number of amides is 3. The summed E-state index contributed by atoms with van der Waals surface area (Å²) in [6, 6.07) is 9.50. The van der Waals surface area contributed by atoms with E-state index in [2.05, 4.69) is 22.5 Å². The Balaban J connectivity index is 1.43. The number of fused-ring (bicyclic) bond motifs is 1. The van der Waals surface area contributed by atoms with E-state index < -0.39 is 0 Å². The van der Waals surface area contributed by atoms with Crippen LogP contribution in [-0.4, -0.2) is 42.4 Å². The number of carbonyl (C=O) groups is 2. The van der Waals surface area contributed by atoms with Gasteiger partial charge >= 0.3 is 6.03 Å². The van der Waals surface area contributed by atoms with Gasteiger partial charge in [0.2, 0.25) is 5.91 Å². The molecule has 0 unspecified atom stereocenters. The lowest BCUT2D eigenvalue weighted by molar-refractivity contribution is -0.121. The molecule has 31 heavy (non-hydrogen) atoms. The van der Waals surface area contributed by atoms with Crippen molar-refractivity contribution in [3.05, 3.63) is 47.2 Å². The van der Waals surface area contributed by atoms with Gasteiger partial charge in [-0.1, -0.05) is 19.1 Å². The van der Waals surface area contributed by atoms with E-state index >= 15 is 0 Å². The summed E-state index contributed by atoms with van der Waals surface area (Å²) in [4.78, 5) is 31.1. The van der Waals surface area contributed by atoms with Crippen LogP contribution in [-0.2, 0) is 11.3 Å². The fourth-order valence-electron chi connectivity index (χ4n) is 3.36. The third-order valence-corrected chi connectivity index (χ3v) is 5.81. The van der Waals surface area contributed by atoms with Gasteiger partial charge in [-0.05, 0) is 49.6 Å². The number of benzene rings is 1. The number of pyridine rings is 1. The Morgan fingerprint density at radius 3 is 2.71 bits per heavy atom. The molecule has 2 heterocycles. The van der Waals surface area contributed by atoms with Gasteiger partial charge in [-0.25, -0.2) is 9.78 Å². The number of urea groups is 1. The van der Waals surface area contributed by atoms with Crippen molar-refractivity contribution in [3.8, 4) is 5.75 Å². The van der Waals surface area contributed by atoms with Crippen molar-refractivity contribution < 1.29 is 14.3 Å². The fraction of sp³-hybridized carbons (Fsp3) is 0.435. The molecule has 1 aliphatic heterocycles. The summed E-state index contributed by atoms with van der Waals surface area (Å²) in [7, 11) is 0. The van der Waals surface area contributed by atoms with E-state index in [-0.39, 0.29) is 24.9 Å². The van der Waals surface area contributed by atoms with E-state index in [0.717, 1.165) is 45.5 Å². The van der Waals surface area contributed by atoms with Crippen LogP contribution in [0.2, 0.25) is 0 Å². The third kappa shape index (κ3) is 6.37. The molecule has 0 fully saturated rings. The highest BCUT2D eigenvalue weighted by Gasteiger charge is 2.26. The topological polar surface area (TPSA) is 83.6 Å². The van der Waals surface area contributed by atoms with Crippen molar-refractivity contribution in [1.29, 1.82) is 0 Å². The van der Waals surface area contributed by atoms with Crippen molar-refractivity contribution in [3.63, 3.8) is 0 Å². The number of hydrogen-bond acceptors (Lipinski definition) is 5. The maximum absolute atomic E-state index is 12.7. The molecule has 3 amide bonds. The lowest BCUT2D eigenvalue weighted by Crippen LogP contribution is -2.44. The Hall–Kier alpha value is -2.74. The highest BCUT2D eigenvalue weighted by molar-refractivity contribution is 7.99. The molecule has 0 bridgehead atoms. The van der Waals surface area contributed by atoms with Crippen molar-refractivity contribution >= 4 is 29.4 Å². The molecule has 0 spiro atoms. The zero-order valence-electron chi connectivity index (χ0n) is 18.4. The Morgan fingerprint density at radius 2 is 1.97 bits per heavy atom. The van der Waals surface area contributed by atoms with Gasteiger partial charge in [0.1, 0.15) is 10.8 Å². The van der Waals surface area contributed by atoms with Crippen molar-refractivity contribution in [2.75, 3.05) is 30.3 Å². The van der Waals surface area contributed by atoms with Gasteiger partial charge in [0.05, 0.1) is 12.3 Å². The number of ether oxygens (including phenoxy) is 1. The summed E-state index contributed by atoms with van der Waals surface area (Å²) < 4.78 is 5.56. The first-order chi connectivity index (χ1) is 15.0. The molecule has 2 N–H and O–H groups in total. The summed E-state index contributed by atoms with van der Waals surface area (Å²) >= 11 is 1.67. The molecule has 3 rings (SSSR count). The van der Waals surface area contributed by atoms with Gasteiger partial charge < -0.3 is 15.4 Å². The summed E-state index contributed by atoms with van der Waals surface area (Å²) in [6.45, 7) is 8.07. The Bertz CT molecular complexity index is 918. The predicted molar refractivity (Wildman–Crippen MR) is 124 cm³/mol. The second-order valence-electron chi connectivity index (χ2n) is 7.49. The number of aromatic nitrogens is 1. The largest absolute Gasteiger partial charge is 0.494 e. The molecule has 0 aliphatic carbocycles. The fourth-order valence-corrected chi connectivity index (χ4v) is 4.45. The Labute approximate surface area is 188 Å². The second kappa shape index (κ2) is 11.0. The van der Waals surface area contributed by atoms with Crippen LogP contribution < -0.4 is 20.3 Å². The van der Waals surface area contributed by atoms with Gasteiger partial charge in [-0.3, -0.25) is 9.69 Å². The molecule has 7 nitrogen and oxygen atoms in total. The lowest BCUT2D eigenvalue weighted by Gasteiger charge is -2.30. The molecule has 0 saturated carbocycles. The zero-order chi connectivity index (χ0) is 22.2. The quantitative estimate of drug-likeness (QED) is 0.649. The van der Waals surface area contributed by atoms with Crippen molar-refractivity contribution in [2.45, 2.75) is 45.2 Å². The van der Waals surface area contributed by atoms with Crippen molar-refractivity contribution in [1.82, 2.24) is 15.6 Å². The van der Waals surface area contributed by atoms with E-state index in [9.17, 15) is 9.59 Å². The van der Waals surface area contributed by atoms with E-state index in [1.165, 1.54) is 0 Å². The summed E-state index contributed by atoms with van der Waals surface area (Å²) in [6.07, 6.45) is 1.19. The second-order valence-corrected chi connectivity index (χ2v) is 8.57. The summed E-state index contributed by atoms with van der Waals surface area (Å²) in [5.41, 5.74) is 3.86. The normalized spacial score (nSPS) is 12.8. The zero-order valence-corrected chi connectivity index (χ0v) is 19.2. The number of carbonyl (C=O) groups excluding carboxylic acids is 2. The van der Waals surface area contributed by atoms with Gasteiger partial charge in [0, 0.05) is 37.5 Å². The molecule has 0 radical (unpaired) electrons. The van der Waals surface area contributed by atoms with Crippen LogP contribution in [0.3, 0.4) is 0 Å². The minimum absolute atomic E-state index is 0.102. The lowest BCUT2D eigenvalue weighted by atomic mass is 10.2. The van der Waals surface area contributed by atoms with E-state index in [1.807, 2.05) is 44.2 Å². The van der Waals surface area contributed by atoms with Crippen LogP contribution in [0.4, 0.5) is 10.5 Å². The van der Waals surface area contributed by atoms with Gasteiger partial charge in [0.25, 0.3) is 0 Å². The van der Waals surface area contributed by atoms with Crippen LogP contribution in [0.5, 0.6) is 5.75 Å². The van der Waals surface area contributed by atoms with E-state index in [0.29, 0.717) is 19.7 Å². The number of anilines is 1. The van der Waals surface area contributed by atoms with Gasteiger partial charge in [-0.2, -0.15) is 0 Å². The molecule has 8 heteroatoms. The number of nitrogens with one attached hydrogen (secondary N) is 2. The summed E-state index contributed by atoms with van der Waals surface area (Å²) in [5, 5.41) is 6.64. The highest BCUT2D eigenvalue weighted by Crippen LogP contribution is 2.36. The number of rotatable bonds is 8. The number of nitrogens with zero attached hydrogens (tertiary/aromatic N) is 2. The smallest absolute Gasteiger partial charge is 0.322 e. The standard InChI is InChI=1S/C23H30N4O3S/c1-4-12-30-19-7-5-18(6-8-19)15-25-20(28)9-10-24-23(29)27-11-13-31-22-21(27)16(2)14-17(3)26-22/h5-8,14H,4,9-13,15H2,1-3H3,(H,24,29)(H,25,28). The van der Waals surface area contributed by atoms with Gasteiger partial charge in [0.15, 0.2) is 0 Å². The monoisotopic (exact) mass is 442 g/mol. The number of aryl methyl sites for hydroxylation is 2. The molecular weight excluding hydrogens is 412 g/mol. The summed E-state index contributed by atoms with van der Waals surface area (Å²) in [5.74, 6) is 1.53. The SMILES string of the molecule is CCCOc1ccc(CNC(=O)CCNC(=O)N2CCSc3nc(C)cc(C)c32)cc1.